The molecule has 1 N–H and O–H groups in total. The first-order valence-corrected chi connectivity index (χ1v) is 8.94. The molecule has 124 valence electrons. The van der Waals surface area contributed by atoms with Gasteiger partial charge in [0.05, 0.1) is 0 Å². The number of hydrogen-bond acceptors (Lipinski definition) is 2. The summed E-state index contributed by atoms with van der Waals surface area (Å²) in [6, 6.07) is 0. The summed E-state index contributed by atoms with van der Waals surface area (Å²) in [6.07, 6.45) is 9.74. The predicted molar refractivity (Wildman–Crippen MR) is 89.2 cm³/mol. The summed E-state index contributed by atoms with van der Waals surface area (Å²) in [6.45, 7) is 8.89. The Morgan fingerprint density at radius 3 is 1.71 bits per heavy atom. The molecule has 3 heteroatoms. The average molecular weight is 297 g/mol. The zero-order valence-corrected chi connectivity index (χ0v) is 14.5. The van der Waals surface area contributed by atoms with Crippen molar-refractivity contribution < 1.29 is 9.59 Å². The Labute approximate surface area is 131 Å². The van der Waals surface area contributed by atoms with Crippen LogP contribution in [0.3, 0.4) is 0 Å². The molecule has 0 rings (SSSR count). The molecule has 0 aliphatic carbocycles. The molecule has 3 nitrogen and oxygen atoms in total. The van der Waals surface area contributed by atoms with Gasteiger partial charge >= 0.3 is 0 Å². The molecule has 0 fully saturated rings. The molecule has 0 aliphatic rings. The molecule has 0 radical (unpaired) electrons. The number of ketones is 1. The van der Waals surface area contributed by atoms with Gasteiger partial charge in [0.25, 0.3) is 5.91 Å². The summed E-state index contributed by atoms with van der Waals surface area (Å²) >= 11 is 0. The van der Waals surface area contributed by atoms with E-state index in [0.29, 0.717) is 12.5 Å². The van der Waals surface area contributed by atoms with Crippen molar-refractivity contribution in [3.05, 3.63) is 0 Å². The number of rotatable bonds is 13. The van der Waals surface area contributed by atoms with E-state index in [9.17, 15) is 9.59 Å². The van der Waals surface area contributed by atoms with Crippen molar-refractivity contribution in [2.45, 2.75) is 85.5 Å². The summed E-state index contributed by atoms with van der Waals surface area (Å²) in [5.41, 5.74) is 0. The van der Waals surface area contributed by atoms with Crippen molar-refractivity contribution in [3.63, 3.8) is 0 Å². The number of unbranched alkanes of at least 4 members (excludes halogenated alkanes) is 3. The van der Waals surface area contributed by atoms with Gasteiger partial charge in [-0.2, -0.15) is 0 Å². The summed E-state index contributed by atoms with van der Waals surface area (Å²) in [7, 11) is 0. The monoisotopic (exact) mass is 297 g/mol. The number of nitrogens with one attached hydrogen (secondary N) is 1. The molecule has 1 amide bonds. The Kier molecular flexibility index (Phi) is 12.3. The first kappa shape index (κ1) is 20.1. The number of hydrogen-bond donors (Lipinski definition) is 1. The fourth-order valence-corrected chi connectivity index (χ4v) is 2.90. The van der Waals surface area contributed by atoms with Crippen molar-refractivity contribution >= 4 is 11.7 Å². The first-order valence-electron chi connectivity index (χ1n) is 8.94. The highest BCUT2D eigenvalue weighted by molar-refractivity contribution is 6.37. The normalized spacial score (nSPS) is 12.4. The second-order valence-corrected chi connectivity index (χ2v) is 6.02. The summed E-state index contributed by atoms with van der Waals surface area (Å²) in [5, 5.41) is 2.68. The van der Waals surface area contributed by atoms with Crippen molar-refractivity contribution in [3.8, 4) is 0 Å². The lowest BCUT2D eigenvalue weighted by Gasteiger charge is -2.26. The van der Waals surface area contributed by atoms with E-state index in [-0.39, 0.29) is 17.6 Å². The highest BCUT2D eigenvalue weighted by atomic mass is 16.2. The lowest BCUT2D eigenvalue weighted by molar-refractivity contribution is -0.141. The van der Waals surface area contributed by atoms with Crippen LogP contribution in [0.1, 0.15) is 85.5 Å². The maximum absolute atomic E-state index is 12.5. The second-order valence-electron chi connectivity index (χ2n) is 6.02. The molecular weight excluding hydrogens is 262 g/mol. The topological polar surface area (TPSA) is 46.2 Å². The Morgan fingerprint density at radius 2 is 1.29 bits per heavy atom. The van der Waals surface area contributed by atoms with Crippen LogP contribution < -0.4 is 5.32 Å². The minimum Gasteiger partial charge on any atom is -0.350 e. The minimum atomic E-state index is -0.378. The van der Waals surface area contributed by atoms with Gasteiger partial charge < -0.3 is 5.32 Å². The van der Waals surface area contributed by atoms with Gasteiger partial charge in [0, 0.05) is 12.5 Å². The molecule has 0 aromatic rings. The predicted octanol–water partition coefficient (Wildman–Crippen LogP) is 4.49. The molecule has 0 aromatic heterocycles. The summed E-state index contributed by atoms with van der Waals surface area (Å²) in [4.78, 5) is 24.4. The second kappa shape index (κ2) is 12.8. The molecule has 0 saturated carbocycles. The standard InChI is InChI=1S/C18H35NO2/c1-5-9-12-15(13-10-6-2)16(14-11-7-3)17(20)18(21)19-8-4/h15-16H,5-14H2,1-4H3,(H,19,21). The smallest absolute Gasteiger partial charge is 0.287 e. The quantitative estimate of drug-likeness (QED) is 0.509. The van der Waals surface area contributed by atoms with E-state index < -0.39 is 0 Å². The Bertz CT molecular complexity index is 281. The zero-order chi connectivity index (χ0) is 16.1. The highest BCUT2D eigenvalue weighted by Crippen LogP contribution is 2.29. The average Bonchev–Trinajstić information content (AvgIpc) is 2.49. The van der Waals surface area contributed by atoms with E-state index in [0.717, 1.165) is 57.8 Å². The lowest BCUT2D eigenvalue weighted by Crippen LogP contribution is -2.38. The van der Waals surface area contributed by atoms with E-state index in [2.05, 4.69) is 26.1 Å². The van der Waals surface area contributed by atoms with Crippen molar-refractivity contribution in [2.75, 3.05) is 6.54 Å². The Morgan fingerprint density at radius 1 is 0.810 bits per heavy atom. The maximum atomic E-state index is 12.5. The summed E-state index contributed by atoms with van der Waals surface area (Å²) < 4.78 is 0. The lowest BCUT2D eigenvalue weighted by atomic mass is 9.78. The number of carbonyl (C=O) groups is 2. The minimum absolute atomic E-state index is 0.0744. The third-order valence-electron chi connectivity index (χ3n) is 4.19. The van der Waals surface area contributed by atoms with Gasteiger partial charge in [-0.1, -0.05) is 59.3 Å². The highest BCUT2D eigenvalue weighted by Gasteiger charge is 2.30. The van der Waals surface area contributed by atoms with Crippen LogP contribution in [0.15, 0.2) is 0 Å². The van der Waals surface area contributed by atoms with Crippen LogP contribution in [-0.4, -0.2) is 18.2 Å². The number of amides is 1. The molecule has 0 aromatic carbocycles. The molecule has 1 unspecified atom stereocenters. The largest absolute Gasteiger partial charge is 0.350 e. The van der Waals surface area contributed by atoms with Crippen LogP contribution in [0.4, 0.5) is 0 Å². The molecule has 0 saturated heterocycles. The third-order valence-corrected chi connectivity index (χ3v) is 4.19. The molecule has 1 atom stereocenters. The number of likely N-dealkylation sites (N-methyl/N-ethyl adjacent to an activating group) is 1. The van der Waals surface area contributed by atoms with E-state index >= 15 is 0 Å². The summed E-state index contributed by atoms with van der Waals surface area (Å²) in [5.74, 6) is -0.250. The third kappa shape index (κ3) is 8.23. The molecule has 0 spiro atoms. The van der Waals surface area contributed by atoms with Gasteiger partial charge in [-0.05, 0) is 32.1 Å². The van der Waals surface area contributed by atoms with Gasteiger partial charge in [0.1, 0.15) is 0 Å². The van der Waals surface area contributed by atoms with Gasteiger partial charge in [0.15, 0.2) is 0 Å². The van der Waals surface area contributed by atoms with E-state index in [1.54, 1.807) is 0 Å². The van der Waals surface area contributed by atoms with Crippen LogP contribution >= 0.6 is 0 Å². The van der Waals surface area contributed by atoms with Crippen LogP contribution in [-0.2, 0) is 9.59 Å². The molecule has 0 bridgehead atoms. The number of carbonyl (C=O) groups excluding carboxylic acids is 2. The zero-order valence-electron chi connectivity index (χ0n) is 14.5. The Hall–Kier alpha value is -0.860. The van der Waals surface area contributed by atoms with Crippen molar-refractivity contribution in [1.82, 2.24) is 5.32 Å². The van der Waals surface area contributed by atoms with Crippen LogP contribution in [0.5, 0.6) is 0 Å². The molecule has 0 heterocycles. The van der Waals surface area contributed by atoms with Gasteiger partial charge in [0.2, 0.25) is 5.78 Å². The molecule has 0 aliphatic heterocycles. The van der Waals surface area contributed by atoms with E-state index in [1.807, 2.05) is 6.92 Å². The van der Waals surface area contributed by atoms with Crippen molar-refractivity contribution in [1.29, 1.82) is 0 Å². The Balaban J connectivity index is 4.90. The van der Waals surface area contributed by atoms with E-state index in [4.69, 9.17) is 0 Å². The van der Waals surface area contributed by atoms with Gasteiger partial charge in [-0.15, -0.1) is 0 Å². The first-order chi connectivity index (χ1) is 10.1. The van der Waals surface area contributed by atoms with Crippen LogP contribution in [0.25, 0.3) is 0 Å². The fourth-order valence-electron chi connectivity index (χ4n) is 2.90. The SMILES string of the molecule is CCCCC(CCCC)C(CCCC)C(=O)C(=O)NCC. The van der Waals surface area contributed by atoms with Crippen molar-refractivity contribution in [2.24, 2.45) is 11.8 Å². The maximum Gasteiger partial charge on any atom is 0.287 e. The molecular formula is C18H35NO2. The van der Waals surface area contributed by atoms with Crippen LogP contribution in [0.2, 0.25) is 0 Å². The van der Waals surface area contributed by atoms with E-state index in [1.165, 1.54) is 0 Å². The van der Waals surface area contributed by atoms with Gasteiger partial charge in [-0.3, -0.25) is 9.59 Å². The van der Waals surface area contributed by atoms with Gasteiger partial charge in [-0.25, -0.2) is 0 Å². The molecule has 21 heavy (non-hydrogen) atoms. The fraction of sp³-hybridized carbons (Fsp3) is 0.889. The number of Topliss-reactive ketones (excluding diaryl/α,β-unsaturated/α-hetero) is 1. The van der Waals surface area contributed by atoms with Crippen LogP contribution in [0, 0.1) is 11.8 Å².